The molecule has 3 heteroatoms. The highest BCUT2D eigenvalue weighted by molar-refractivity contribution is 6.23. The van der Waals surface area contributed by atoms with Crippen molar-refractivity contribution in [3.05, 3.63) is 47.5 Å². The first-order valence-corrected chi connectivity index (χ1v) is 4.18. The van der Waals surface area contributed by atoms with Crippen molar-refractivity contribution in [1.82, 2.24) is 5.32 Å². The number of nitrogens with two attached hydrogens (primary N) is 1. The van der Waals surface area contributed by atoms with Crippen LogP contribution >= 0.6 is 11.6 Å². The maximum Gasteiger partial charge on any atom is 0.108 e. The molecule has 0 saturated carbocycles. The van der Waals surface area contributed by atoms with Crippen LogP contribution in [0.2, 0.25) is 0 Å². The molecule has 0 aromatic rings. The van der Waals surface area contributed by atoms with E-state index >= 15 is 0 Å². The van der Waals surface area contributed by atoms with Crippen molar-refractivity contribution in [2.24, 2.45) is 5.73 Å². The third-order valence-corrected chi connectivity index (χ3v) is 2.16. The average Bonchev–Trinajstić information content (AvgIpc) is 2.04. The number of nitrogens with one attached hydrogen (secondary N) is 1. The summed E-state index contributed by atoms with van der Waals surface area (Å²) in [5, 5.41) is 2.92. The van der Waals surface area contributed by atoms with E-state index in [-0.39, 0.29) is 5.38 Å². The Bertz CT molecular complexity index is 323. The van der Waals surface area contributed by atoms with E-state index in [9.17, 15) is 0 Å². The lowest BCUT2D eigenvalue weighted by molar-refractivity contribution is 0.981. The highest BCUT2D eigenvalue weighted by atomic mass is 35.5. The summed E-state index contributed by atoms with van der Waals surface area (Å²) < 4.78 is 0. The van der Waals surface area contributed by atoms with Gasteiger partial charge in [-0.1, -0.05) is 18.2 Å². The highest BCUT2D eigenvalue weighted by Crippen LogP contribution is 2.24. The van der Waals surface area contributed by atoms with Gasteiger partial charge < -0.3 is 11.1 Å². The van der Waals surface area contributed by atoms with Crippen molar-refractivity contribution < 1.29 is 0 Å². The highest BCUT2D eigenvalue weighted by Gasteiger charge is 2.13. The summed E-state index contributed by atoms with van der Waals surface area (Å²) in [4.78, 5) is 0. The van der Waals surface area contributed by atoms with Crippen molar-refractivity contribution in [1.29, 1.82) is 0 Å². The predicted octanol–water partition coefficient (Wildman–Crippen LogP) is 1.38. The van der Waals surface area contributed by atoms with Crippen LogP contribution in [0, 0.1) is 0 Å². The van der Waals surface area contributed by atoms with Crippen molar-refractivity contribution in [3.63, 3.8) is 0 Å². The molecule has 0 fully saturated rings. The summed E-state index contributed by atoms with van der Waals surface area (Å²) in [5.74, 6) is 0.684. The van der Waals surface area contributed by atoms with Gasteiger partial charge in [0.1, 0.15) is 5.82 Å². The Morgan fingerprint density at radius 1 is 1.42 bits per heavy atom. The van der Waals surface area contributed by atoms with Crippen molar-refractivity contribution >= 4 is 11.6 Å². The van der Waals surface area contributed by atoms with E-state index in [1.807, 2.05) is 30.5 Å². The summed E-state index contributed by atoms with van der Waals surface area (Å²) in [5.41, 5.74) is 7.83. The zero-order valence-corrected chi connectivity index (χ0v) is 7.18. The summed E-state index contributed by atoms with van der Waals surface area (Å²) in [7, 11) is 0. The van der Waals surface area contributed by atoms with Gasteiger partial charge in [-0.25, -0.2) is 0 Å². The molecule has 0 spiro atoms. The Kier molecular flexibility index (Phi) is 1.70. The minimum absolute atomic E-state index is 0.0145. The fourth-order valence-electron chi connectivity index (χ4n) is 1.29. The molecule has 0 radical (unpaired) electrons. The molecule has 1 heterocycles. The van der Waals surface area contributed by atoms with Crippen LogP contribution in [0.4, 0.5) is 0 Å². The number of hydrogen-bond donors (Lipinski definition) is 2. The molecule has 2 aliphatic rings. The zero-order valence-electron chi connectivity index (χ0n) is 6.42. The number of dihydropyridines is 1. The van der Waals surface area contributed by atoms with Gasteiger partial charge in [0.2, 0.25) is 0 Å². The molecule has 0 aromatic heterocycles. The van der Waals surface area contributed by atoms with E-state index in [0.717, 1.165) is 11.1 Å². The van der Waals surface area contributed by atoms with E-state index < -0.39 is 0 Å². The maximum absolute atomic E-state index is 5.90. The third-order valence-electron chi connectivity index (χ3n) is 1.89. The van der Waals surface area contributed by atoms with Crippen LogP contribution in [0.15, 0.2) is 47.5 Å². The fraction of sp³-hybridized carbons (Fsp3) is 0.111. The van der Waals surface area contributed by atoms with Gasteiger partial charge in [-0.05, 0) is 11.6 Å². The lowest BCUT2D eigenvalue weighted by Crippen LogP contribution is -2.21. The van der Waals surface area contributed by atoms with E-state index in [4.69, 9.17) is 17.3 Å². The lowest BCUT2D eigenvalue weighted by atomic mass is 9.98. The molecule has 2 rings (SSSR count). The first kappa shape index (κ1) is 7.50. The van der Waals surface area contributed by atoms with Crippen LogP contribution in [-0.2, 0) is 0 Å². The minimum Gasteiger partial charge on any atom is -0.385 e. The Labute approximate surface area is 76.1 Å². The normalized spacial score (nSPS) is 26.4. The topological polar surface area (TPSA) is 38.0 Å². The summed E-state index contributed by atoms with van der Waals surface area (Å²) >= 11 is 5.90. The molecule has 0 saturated heterocycles. The van der Waals surface area contributed by atoms with Crippen LogP contribution in [0.3, 0.4) is 0 Å². The molecule has 0 aromatic carbocycles. The Hall–Kier alpha value is -1.15. The lowest BCUT2D eigenvalue weighted by Gasteiger charge is -2.18. The monoisotopic (exact) mass is 180 g/mol. The van der Waals surface area contributed by atoms with Gasteiger partial charge in [0.05, 0.1) is 5.38 Å². The summed E-state index contributed by atoms with van der Waals surface area (Å²) in [6.45, 7) is 0. The fourth-order valence-corrected chi connectivity index (χ4v) is 1.50. The molecule has 0 amide bonds. The molecular formula is C9H9ClN2. The van der Waals surface area contributed by atoms with Crippen molar-refractivity contribution in [3.8, 4) is 0 Å². The molecule has 2 nitrogen and oxygen atoms in total. The van der Waals surface area contributed by atoms with E-state index in [0.29, 0.717) is 5.82 Å². The molecule has 62 valence electrons. The minimum atomic E-state index is -0.0145. The van der Waals surface area contributed by atoms with Gasteiger partial charge in [-0.3, -0.25) is 0 Å². The molecule has 1 unspecified atom stereocenters. The largest absolute Gasteiger partial charge is 0.385 e. The number of hydrogen-bond acceptors (Lipinski definition) is 2. The standard InChI is InChI=1S/C9H9ClN2/c10-7-1-2-8-6(5-7)3-4-12-9(8)11/h1-5,7,12H,11H2. The molecular weight excluding hydrogens is 172 g/mol. The van der Waals surface area contributed by atoms with E-state index in [1.165, 1.54) is 0 Å². The molecule has 3 N–H and O–H groups in total. The molecule has 0 bridgehead atoms. The van der Waals surface area contributed by atoms with E-state index in [1.54, 1.807) is 0 Å². The molecule has 1 aliphatic heterocycles. The number of halogens is 1. The van der Waals surface area contributed by atoms with Gasteiger partial charge in [0.15, 0.2) is 0 Å². The number of fused-ring (bicyclic) bond motifs is 1. The average molecular weight is 181 g/mol. The van der Waals surface area contributed by atoms with Crippen LogP contribution in [0.5, 0.6) is 0 Å². The summed E-state index contributed by atoms with van der Waals surface area (Å²) in [6, 6.07) is 0. The van der Waals surface area contributed by atoms with Gasteiger partial charge >= 0.3 is 0 Å². The van der Waals surface area contributed by atoms with Crippen LogP contribution < -0.4 is 11.1 Å². The second-order valence-corrected chi connectivity index (χ2v) is 3.23. The Morgan fingerprint density at radius 3 is 3.08 bits per heavy atom. The SMILES string of the molecule is NC1=C2C=CC(Cl)C=C2C=CN1. The predicted molar refractivity (Wildman–Crippen MR) is 50.4 cm³/mol. The van der Waals surface area contributed by atoms with Crippen molar-refractivity contribution in [2.75, 3.05) is 0 Å². The third kappa shape index (κ3) is 1.14. The van der Waals surface area contributed by atoms with Gasteiger partial charge in [-0.15, -0.1) is 11.6 Å². The summed E-state index contributed by atoms with van der Waals surface area (Å²) in [6.07, 6.45) is 9.60. The Morgan fingerprint density at radius 2 is 2.25 bits per heavy atom. The molecule has 12 heavy (non-hydrogen) atoms. The quantitative estimate of drug-likeness (QED) is 0.553. The van der Waals surface area contributed by atoms with Gasteiger partial charge in [0.25, 0.3) is 0 Å². The second kappa shape index (κ2) is 2.72. The van der Waals surface area contributed by atoms with Crippen molar-refractivity contribution in [2.45, 2.75) is 5.38 Å². The second-order valence-electron chi connectivity index (χ2n) is 2.73. The van der Waals surface area contributed by atoms with E-state index in [2.05, 4.69) is 5.32 Å². The first-order chi connectivity index (χ1) is 5.77. The van der Waals surface area contributed by atoms with Gasteiger partial charge in [0, 0.05) is 11.8 Å². The Balaban J connectivity index is 2.44. The molecule has 1 atom stereocenters. The van der Waals surface area contributed by atoms with Crippen LogP contribution in [0.1, 0.15) is 0 Å². The maximum atomic E-state index is 5.90. The van der Waals surface area contributed by atoms with Crippen LogP contribution in [0.25, 0.3) is 0 Å². The number of alkyl halides is 1. The zero-order chi connectivity index (χ0) is 8.55. The van der Waals surface area contributed by atoms with Crippen LogP contribution in [-0.4, -0.2) is 5.38 Å². The number of rotatable bonds is 0. The van der Waals surface area contributed by atoms with Gasteiger partial charge in [-0.2, -0.15) is 0 Å². The number of allylic oxidation sites excluding steroid dienone is 6. The first-order valence-electron chi connectivity index (χ1n) is 3.74. The molecule has 1 aliphatic carbocycles. The smallest absolute Gasteiger partial charge is 0.108 e.